The number of ether oxygens (including phenoxy) is 1. The highest BCUT2D eigenvalue weighted by Gasteiger charge is 2.03. The molecule has 0 aliphatic heterocycles. The molecule has 0 unspecified atom stereocenters. The van der Waals surface area contributed by atoms with Crippen molar-refractivity contribution < 1.29 is 9.53 Å². The molecule has 0 bridgehead atoms. The lowest BCUT2D eigenvalue weighted by Gasteiger charge is -2.10. The maximum atomic E-state index is 11.9. The van der Waals surface area contributed by atoms with Crippen LogP contribution >= 0.6 is 15.9 Å². The summed E-state index contributed by atoms with van der Waals surface area (Å²) < 4.78 is 6.50. The Kier molecular flexibility index (Phi) is 6.22. The zero-order valence-corrected chi connectivity index (χ0v) is 14.0. The Hall–Kier alpha value is -2.07. The van der Waals surface area contributed by atoms with Crippen molar-refractivity contribution in [1.29, 1.82) is 0 Å². The van der Waals surface area contributed by atoms with Crippen molar-refractivity contribution in [3.63, 3.8) is 0 Å². The van der Waals surface area contributed by atoms with Gasteiger partial charge in [-0.2, -0.15) is 0 Å². The molecule has 0 atom stereocenters. The molecule has 0 saturated carbocycles. The maximum Gasteiger partial charge on any atom is 0.244 e. The summed E-state index contributed by atoms with van der Waals surface area (Å²) in [7, 11) is 0. The fourth-order valence-electron chi connectivity index (χ4n) is 1.96. The quantitative estimate of drug-likeness (QED) is 0.785. The summed E-state index contributed by atoms with van der Waals surface area (Å²) in [6, 6.07) is 15.5. The fraction of sp³-hybridized carbons (Fsp3) is 0.167. The van der Waals surface area contributed by atoms with Crippen molar-refractivity contribution in [2.45, 2.75) is 13.5 Å². The number of benzene rings is 2. The largest absolute Gasteiger partial charge is 0.494 e. The number of para-hydroxylation sites is 1. The molecule has 1 N–H and O–H groups in total. The monoisotopic (exact) mass is 359 g/mol. The standard InChI is InChI=1S/C18H18BrNO2/c1-2-22-17-10-6-4-8-15(17)13-20-18(21)12-11-14-7-3-5-9-16(14)19/h3-12H,2,13H2,1H3,(H,20,21)/b12-11+. The van der Waals surface area contributed by atoms with Gasteiger partial charge in [-0.15, -0.1) is 0 Å². The highest BCUT2D eigenvalue weighted by atomic mass is 79.9. The van der Waals surface area contributed by atoms with E-state index in [1.54, 1.807) is 6.08 Å². The molecule has 0 aromatic heterocycles. The van der Waals surface area contributed by atoms with Gasteiger partial charge in [0.15, 0.2) is 0 Å². The van der Waals surface area contributed by atoms with Gasteiger partial charge in [-0.25, -0.2) is 0 Å². The van der Waals surface area contributed by atoms with Gasteiger partial charge in [0.2, 0.25) is 5.91 Å². The minimum absolute atomic E-state index is 0.137. The molecule has 4 heteroatoms. The van der Waals surface area contributed by atoms with Crippen LogP contribution in [-0.2, 0) is 11.3 Å². The molecule has 2 aromatic carbocycles. The molecule has 0 radical (unpaired) electrons. The first-order chi connectivity index (χ1) is 10.7. The van der Waals surface area contributed by atoms with E-state index in [1.807, 2.05) is 55.5 Å². The molecular weight excluding hydrogens is 342 g/mol. The first-order valence-corrected chi connectivity index (χ1v) is 7.91. The lowest BCUT2D eigenvalue weighted by atomic mass is 10.2. The maximum absolute atomic E-state index is 11.9. The van der Waals surface area contributed by atoms with Crippen LogP contribution in [-0.4, -0.2) is 12.5 Å². The van der Waals surface area contributed by atoms with E-state index in [-0.39, 0.29) is 5.91 Å². The Bertz CT molecular complexity index is 668. The molecule has 2 rings (SSSR count). The molecule has 0 aliphatic carbocycles. The van der Waals surface area contributed by atoms with E-state index in [0.29, 0.717) is 13.2 Å². The second kappa shape index (κ2) is 8.39. The number of halogens is 1. The van der Waals surface area contributed by atoms with Crippen LogP contribution in [0, 0.1) is 0 Å². The smallest absolute Gasteiger partial charge is 0.244 e. The SMILES string of the molecule is CCOc1ccccc1CNC(=O)/C=C/c1ccccc1Br. The molecule has 0 heterocycles. The lowest BCUT2D eigenvalue weighted by Crippen LogP contribution is -2.20. The predicted octanol–water partition coefficient (Wildman–Crippen LogP) is 4.18. The predicted molar refractivity (Wildman–Crippen MR) is 92.6 cm³/mol. The zero-order valence-electron chi connectivity index (χ0n) is 12.4. The average molecular weight is 360 g/mol. The minimum Gasteiger partial charge on any atom is -0.494 e. The van der Waals surface area contributed by atoms with E-state index in [1.165, 1.54) is 6.08 Å². The molecule has 0 aliphatic rings. The van der Waals surface area contributed by atoms with Crippen molar-refractivity contribution in [1.82, 2.24) is 5.32 Å². The van der Waals surface area contributed by atoms with Gasteiger partial charge in [-0.1, -0.05) is 52.3 Å². The number of hydrogen-bond acceptors (Lipinski definition) is 2. The number of hydrogen-bond donors (Lipinski definition) is 1. The molecule has 0 spiro atoms. The topological polar surface area (TPSA) is 38.3 Å². The number of carbonyl (C=O) groups excluding carboxylic acids is 1. The van der Waals surface area contributed by atoms with Gasteiger partial charge in [0.05, 0.1) is 6.61 Å². The van der Waals surface area contributed by atoms with E-state index in [4.69, 9.17) is 4.74 Å². The Morgan fingerprint density at radius 2 is 1.91 bits per heavy atom. The third kappa shape index (κ3) is 4.74. The van der Waals surface area contributed by atoms with Crippen molar-refractivity contribution in [2.24, 2.45) is 0 Å². The fourth-order valence-corrected chi connectivity index (χ4v) is 2.38. The van der Waals surface area contributed by atoms with E-state index in [0.717, 1.165) is 21.3 Å². The van der Waals surface area contributed by atoms with Crippen molar-refractivity contribution in [2.75, 3.05) is 6.61 Å². The van der Waals surface area contributed by atoms with Crippen LogP contribution < -0.4 is 10.1 Å². The third-order valence-corrected chi connectivity index (χ3v) is 3.77. The molecule has 0 saturated heterocycles. The molecule has 114 valence electrons. The van der Waals surface area contributed by atoms with Crippen LogP contribution in [0.1, 0.15) is 18.1 Å². The van der Waals surface area contributed by atoms with E-state index < -0.39 is 0 Å². The van der Waals surface area contributed by atoms with Crippen molar-refractivity contribution >= 4 is 27.9 Å². The summed E-state index contributed by atoms with van der Waals surface area (Å²) in [5.41, 5.74) is 1.93. The zero-order chi connectivity index (χ0) is 15.8. The first kappa shape index (κ1) is 16.3. The Morgan fingerprint density at radius 1 is 1.18 bits per heavy atom. The summed E-state index contributed by atoms with van der Waals surface area (Å²) in [5.74, 6) is 0.669. The van der Waals surface area contributed by atoms with Crippen molar-refractivity contribution in [3.05, 3.63) is 70.2 Å². The van der Waals surface area contributed by atoms with Crippen LogP contribution in [0.15, 0.2) is 59.1 Å². The van der Waals surface area contributed by atoms with Crippen LogP contribution in [0.4, 0.5) is 0 Å². The molecule has 3 nitrogen and oxygen atoms in total. The first-order valence-electron chi connectivity index (χ1n) is 7.12. The van der Waals surface area contributed by atoms with Gasteiger partial charge in [-0.05, 0) is 30.7 Å². The second-order valence-electron chi connectivity index (χ2n) is 4.61. The summed E-state index contributed by atoms with van der Waals surface area (Å²) in [6.07, 6.45) is 3.32. The normalized spacial score (nSPS) is 10.6. The number of amides is 1. The summed E-state index contributed by atoms with van der Waals surface area (Å²) >= 11 is 3.45. The molecular formula is C18H18BrNO2. The Morgan fingerprint density at radius 3 is 2.68 bits per heavy atom. The second-order valence-corrected chi connectivity index (χ2v) is 5.47. The Balaban J connectivity index is 1.95. The van der Waals surface area contributed by atoms with Gasteiger partial charge in [0, 0.05) is 22.7 Å². The molecule has 1 amide bonds. The van der Waals surface area contributed by atoms with Crippen LogP contribution in [0.3, 0.4) is 0 Å². The van der Waals surface area contributed by atoms with Crippen LogP contribution in [0.2, 0.25) is 0 Å². The van der Waals surface area contributed by atoms with Gasteiger partial charge in [-0.3, -0.25) is 4.79 Å². The average Bonchev–Trinajstić information content (AvgIpc) is 2.53. The number of rotatable bonds is 6. The van der Waals surface area contributed by atoms with Crippen LogP contribution in [0.5, 0.6) is 5.75 Å². The van der Waals surface area contributed by atoms with Gasteiger partial charge >= 0.3 is 0 Å². The highest BCUT2D eigenvalue weighted by molar-refractivity contribution is 9.10. The number of carbonyl (C=O) groups is 1. The van der Waals surface area contributed by atoms with E-state index >= 15 is 0 Å². The molecule has 22 heavy (non-hydrogen) atoms. The van der Waals surface area contributed by atoms with Crippen molar-refractivity contribution in [3.8, 4) is 5.75 Å². The Labute approximate surface area is 139 Å². The van der Waals surface area contributed by atoms with Gasteiger partial charge < -0.3 is 10.1 Å². The summed E-state index contributed by atoms with van der Waals surface area (Å²) in [4.78, 5) is 11.9. The summed E-state index contributed by atoms with van der Waals surface area (Å²) in [6.45, 7) is 2.98. The molecule has 2 aromatic rings. The van der Waals surface area contributed by atoms with Crippen LogP contribution in [0.25, 0.3) is 6.08 Å². The van der Waals surface area contributed by atoms with E-state index in [9.17, 15) is 4.79 Å². The highest BCUT2D eigenvalue weighted by Crippen LogP contribution is 2.18. The minimum atomic E-state index is -0.137. The van der Waals surface area contributed by atoms with Gasteiger partial charge in [0.25, 0.3) is 0 Å². The third-order valence-electron chi connectivity index (χ3n) is 3.05. The van der Waals surface area contributed by atoms with E-state index in [2.05, 4.69) is 21.2 Å². The summed E-state index contributed by atoms with van der Waals surface area (Å²) in [5, 5.41) is 2.87. The lowest BCUT2D eigenvalue weighted by molar-refractivity contribution is -0.116. The van der Waals surface area contributed by atoms with Gasteiger partial charge in [0.1, 0.15) is 5.75 Å². The molecule has 0 fully saturated rings. The number of nitrogens with one attached hydrogen (secondary N) is 1.